The summed E-state index contributed by atoms with van der Waals surface area (Å²) >= 11 is 0. The molecule has 0 aliphatic heterocycles. The molecule has 1 amide bonds. The van der Waals surface area contributed by atoms with Crippen LogP contribution in [-0.2, 0) is 11.2 Å². The molecule has 104 valence electrons. The third kappa shape index (κ3) is 2.98. The standard InChI is InChI=1S/C16H23NO2/c1-13-4-6-14(7-5-13)8-11-17(2)15(19)16(12-18)9-3-10-16/h4-7,18H,3,8-12H2,1-2H3. The highest BCUT2D eigenvalue weighted by molar-refractivity contribution is 5.83. The summed E-state index contributed by atoms with van der Waals surface area (Å²) in [5.41, 5.74) is 2.03. The molecule has 1 saturated carbocycles. The fourth-order valence-corrected chi connectivity index (χ4v) is 2.60. The van der Waals surface area contributed by atoms with Gasteiger partial charge in [0.2, 0.25) is 5.91 Å². The van der Waals surface area contributed by atoms with E-state index in [-0.39, 0.29) is 12.5 Å². The molecule has 0 atom stereocenters. The predicted molar refractivity (Wildman–Crippen MR) is 75.9 cm³/mol. The number of aliphatic hydroxyl groups excluding tert-OH is 1. The van der Waals surface area contributed by atoms with Gasteiger partial charge in [0.15, 0.2) is 0 Å². The van der Waals surface area contributed by atoms with Crippen molar-refractivity contribution in [3.05, 3.63) is 35.4 Å². The molecular weight excluding hydrogens is 238 g/mol. The maximum atomic E-state index is 12.3. The van der Waals surface area contributed by atoms with E-state index in [0.717, 1.165) is 25.7 Å². The molecule has 1 aromatic rings. The number of rotatable bonds is 5. The number of aliphatic hydroxyl groups is 1. The predicted octanol–water partition coefficient (Wildman–Crippen LogP) is 2.16. The van der Waals surface area contributed by atoms with Crippen LogP contribution in [0.4, 0.5) is 0 Å². The first kappa shape index (κ1) is 14.1. The molecule has 0 radical (unpaired) electrons. The lowest BCUT2D eigenvalue weighted by molar-refractivity contribution is -0.149. The molecule has 0 bridgehead atoms. The quantitative estimate of drug-likeness (QED) is 0.882. The number of aryl methyl sites for hydroxylation is 1. The van der Waals surface area contributed by atoms with Crippen molar-refractivity contribution in [3.63, 3.8) is 0 Å². The van der Waals surface area contributed by atoms with Crippen molar-refractivity contribution in [1.82, 2.24) is 4.90 Å². The summed E-state index contributed by atoms with van der Waals surface area (Å²) in [7, 11) is 1.84. The highest BCUT2D eigenvalue weighted by atomic mass is 16.3. The van der Waals surface area contributed by atoms with Gasteiger partial charge in [0, 0.05) is 13.6 Å². The Morgan fingerprint density at radius 2 is 1.95 bits per heavy atom. The van der Waals surface area contributed by atoms with Gasteiger partial charge in [0.25, 0.3) is 0 Å². The summed E-state index contributed by atoms with van der Waals surface area (Å²) in [4.78, 5) is 14.1. The molecule has 1 aliphatic rings. The highest BCUT2D eigenvalue weighted by Crippen LogP contribution is 2.41. The summed E-state index contributed by atoms with van der Waals surface area (Å²) in [5.74, 6) is 0.105. The van der Waals surface area contributed by atoms with Gasteiger partial charge in [-0.3, -0.25) is 4.79 Å². The Hall–Kier alpha value is -1.35. The second-order valence-electron chi connectivity index (χ2n) is 5.75. The van der Waals surface area contributed by atoms with Crippen molar-refractivity contribution in [2.75, 3.05) is 20.2 Å². The minimum Gasteiger partial charge on any atom is -0.395 e. The maximum absolute atomic E-state index is 12.3. The molecule has 1 aromatic carbocycles. The summed E-state index contributed by atoms with van der Waals surface area (Å²) in [5, 5.41) is 9.42. The molecule has 0 aromatic heterocycles. The van der Waals surface area contributed by atoms with Crippen LogP contribution in [0, 0.1) is 12.3 Å². The first-order valence-electron chi connectivity index (χ1n) is 6.99. The number of amides is 1. The number of benzene rings is 1. The molecule has 0 spiro atoms. The van der Waals surface area contributed by atoms with Crippen LogP contribution in [-0.4, -0.2) is 36.1 Å². The lowest BCUT2D eigenvalue weighted by atomic mass is 9.68. The number of likely N-dealkylation sites (N-methyl/N-ethyl adjacent to an activating group) is 1. The van der Waals surface area contributed by atoms with Gasteiger partial charge in [-0.2, -0.15) is 0 Å². The molecule has 2 rings (SSSR count). The fourth-order valence-electron chi connectivity index (χ4n) is 2.60. The smallest absolute Gasteiger partial charge is 0.230 e. The number of hydrogen-bond donors (Lipinski definition) is 1. The Kier molecular flexibility index (Phi) is 4.25. The molecule has 1 aliphatic carbocycles. The van der Waals surface area contributed by atoms with E-state index in [4.69, 9.17) is 0 Å². The van der Waals surface area contributed by atoms with Crippen LogP contribution < -0.4 is 0 Å². The van der Waals surface area contributed by atoms with E-state index in [9.17, 15) is 9.90 Å². The molecule has 0 unspecified atom stereocenters. The first-order chi connectivity index (χ1) is 9.07. The maximum Gasteiger partial charge on any atom is 0.230 e. The number of hydrogen-bond acceptors (Lipinski definition) is 2. The molecule has 1 N–H and O–H groups in total. The summed E-state index contributed by atoms with van der Waals surface area (Å²) in [6.45, 7) is 2.77. The third-order valence-corrected chi connectivity index (χ3v) is 4.27. The van der Waals surface area contributed by atoms with Gasteiger partial charge in [-0.1, -0.05) is 36.2 Å². The Morgan fingerprint density at radius 1 is 1.32 bits per heavy atom. The topological polar surface area (TPSA) is 40.5 Å². The van der Waals surface area contributed by atoms with Crippen LogP contribution in [0.3, 0.4) is 0 Å². The van der Waals surface area contributed by atoms with Crippen molar-refractivity contribution >= 4 is 5.91 Å². The lowest BCUT2D eigenvalue weighted by Crippen LogP contribution is -2.49. The zero-order chi connectivity index (χ0) is 13.9. The van der Waals surface area contributed by atoms with Gasteiger partial charge in [-0.15, -0.1) is 0 Å². The zero-order valence-electron chi connectivity index (χ0n) is 11.9. The Balaban J connectivity index is 1.88. The molecule has 3 nitrogen and oxygen atoms in total. The Morgan fingerprint density at radius 3 is 2.42 bits per heavy atom. The van der Waals surface area contributed by atoms with Crippen LogP contribution in [0.5, 0.6) is 0 Å². The zero-order valence-corrected chi connectivity index (χ0v) is 11.9. The summed E-state index contributed by atoms with van der Waals surface area (Å²) in [6, 6.07) is 8.41. The molecular formula is C16H23NO2. The first-order valence-corrected chi connectivity index (χ1v) is 6.99. The second-order valence-corrected chi connectivity index (χ2v) is 5.75. The number of carbonyl (C=O) groups excluding carboxylic acids is 1. The average molecular weight is 261 g/mol. The van der Waals surface area contributed by atoms with E-state index in [1.165, 1.54) is 11.1 Å². The van der Waals surface area contributed by atoms with E-state index < -0.39 is 5.41 Å². The lowest BCUT2D eigenvalue weighted by Gasteiger charge is -2.41. The van der Waals surface area contributed by atoms with Crippen molar-refractivity contribution in [2.45, 2.75) is 32.6 Å². The van der Waals surface area contributed by atoms with Gasteiger partial charge in [-0.05, 0) is 31.7 Å². The van der Waals surface area contributed by atoms with Crippen molar-refractivity contribution in [3.8, 4) is 0 Å². The summed E-state index contributed by atoms with van der Waals surface area (Å²) in [6.07, 6.45) is 3.58. The largest absolute Gasteiger partial charge is 0.395 e. The molecule has 1 fully saturated rings. The van der Waals surface area contributed by atoms with Gasteiger partial charge in [0.1, 0.15) is 0 Å². The van der Waals surface area contributed by atoms with Crippen molar-refractivity contribution in [2.24, 2.45) is 5.41 Å². The van der Waals surface area contributed by atoms with Crippen molar-refractivity contribution < 1.29 is 9.90 Å². The van der Waals surface area contributed by atoms with Crippen LogP contribution in [0.2, 0.25) is 0 Å². The minimum absolute atomic E-state index is 0.0132. The van der Waals surface area contributed by atoms with Crippen LogP contribution in [0.25, 0.3) is 0 Å². The normalized spacial score (nSPS) is 16.8. The second kappa shape index (κ2) is 5.74. The Bertz CT molecular complexity index is 429. The van der Waals surface area contributed by atoms with E-state index in [1.807, 2.05) is 7.05 Å². The van der Waals surface area contributed by atoms with E-state index >= 15 is 0 Å². The van der Waals surface area contributed by atoms with Crippen molar-refractivity contribution in [1.29, 1.82) is 0 Å². The van der Waals surface area contributed by atoms with E-state index in [0.29, 0.717) is 6.54 Å². The summed E-state index contributed by atoms with van der Waals surface area (Å²) < 4.78 is 0. The minimum atomic E-state index is -0.470. The van der Waals surface area contributed by atoms with Crippen LogP contribution in [0.1, 0.15) is 30.4 Å². The van der Waals surface area contributed by atoms with Crippen LogP contribution >= 0.6 is 0 Å². The third-order valence-electron chi connectivity index (χ3n) is 4.27. The van der Waals surface area contributed by atoms with Crippen LogP contribution in [0.15, 0.2) is 24.3 Å². The molecule has 19 heavy (non-hydrogen) atoms. The number of nitrogens with zero attached hydrogens (tertiary/aromatic N) is 1. The van der Waals surface area contributed by atoms with Gasteiger partial charge in [0.05, 0.1) is 12.0 Å². The Labute approximate surface area is 115 Å². The van der Waals surface area contributed by atoms with Gasteiger partial charge in [-0.25, -0.2) is 0 Å². The number of carbonyl (C=O) groups is 1. The average Bonchev–Trinajstić information content (AvgIpc) is 2.37. The molecule has 0 saturated heterocycles. The van der Waals surface area contributed by atoms with E-state index in [2.05, 4.69) is 31.2 Å². The fraction of sp³-hybridized carbons (Fsp3) is 0.562. The van der Waals surface area contributed by atoms with Gasteiger partial charge >= 0.3 is 0 Å². The van der Waals surface area contributed by atoms with Gasteiger partial charge < -0.3 is 10.0 Å². The monoisotopic (exact) mass is 261 g/mol. The van der Waals surface area contributed by atoms with E-state index in [1.54, 1.807) is 4.90 Å². The highest BCUT2D eigenvalue weighted by Gasteiger charge is 2.44. The molecule has 3 heteroatoms. The molecule has 0 heterocycles. The SMILES string of the molecule is Cc1ccc(CCN(C)C(=O)C2(CO)CCC2)cc1.